The minimum atomic E-state index is -0.538. The maximum absolute atomic E-state index is 13.6. The number of ether oxygens (including phenoxy) is 1. The van der Waals surface area contributed by atoms with Gasteiger partial charge in [0.1, 0.15) is 0 Å². The summed E-state index contributed by atoms with van der Waals surface area (Å²) >= 11 is 0. The van der Waals surface area contributed by atoms with Crippen LogP contribution in [-0.2, 0) is 0 Å². The monoisotopic (exact) mass is 355 g/mol. The van der Waals surface area contributed by atoms with E-state index in [1.807, 2.05) is 0 Å². The predicted octanol–water partition coefficient (Wildman–Crippen LogP) is 2.02. The smallest absolute Gasteiger partial charge is 0.277 e. The van der Waals surface area contributed by atoms with Crippen molar-refractivity contribution in [2.45, 2.75) is 18.9 Å². The van der Waals surface area contributed by atoms with Gasteiger partial charge in [-0.1, -0.05) is 5.21 Å². The predicted molar refractivity (Wildman–Crippen MR) is 89.3 cm³/mol. The van der Waals surface area contributed by atoms with Crippen molar-refractivity contribution >= 4 is 24.0 Å². The van der Waals surface area contributed by atoms with Gasteiger partial charge in [-0.2, -0.15) is 0 Å². The molecule has 0 unspecified atom stereocenters. The molecule has 7 nitrogen and oxygen atoms in total. The number of halogens is 2. The molecule has 0 radical (unpaired) electrons. The molecule has 1 saturated heterocycles. The highest BCUT2D eigenvalue weighted by Gasteiger charge is 2.19. The third-order valence-corrected chi connectivity index (χ3v) is 3.84. The van der Waals surface area contributed by atoms with Crippen LogP contribution in [0, 0.1) is 5.82 Å². The van der Waals surface area contributed by atoms with Gasteiger partial charge >= 0.3 is 0 Å². The summed E-state index contributed by atoms with van der Waals surface area (Å²) in [5.74, 6) is -0.835. The highest BCUT2D eigenvalue weighted by Crippen LogP contribution is 2.21. The minimum absolute atomic E-state index is 0. The molecule has 1 aromatic heterocycles. The van der Waals surface area contributed by atoms with E-state index in [4.69, 9.17) is 4.74 Å². The van der Waals surface area contributed by atoms with Crippen molar-refractivity contribution in [3.63, 3.8) is 0 Å². The minimum Gasteiger partial charge on any atom is -0.494 e. The molecule has 0 bridgehead atoms. The van der Waals surface area contributed by atoms with Gasteiger partial charge in [-0.3, -0.25) is 4.79 Å². The van der Waals surface area contributed by atoms with Gasteiger partial charge in [-0.15, -0.1) is 17.5 Å². The zero-order chi connectivity index (χ0) is 16.2. The molecule has 1 aromatic carbocycles. The van der Waals surface area contributed by atoms with Crippen LogP contribution in [0.5, 0.6) is 5.75 Å². The van der Waals surface area contributed by atoms with Crippen LogP contribution in [0.4, 0.5) is 10.1 Å². The fourth-order valence-electron chi connectivity index (χ4n) is 2.57. The molecule has 1 fully saturated rings. The summed E-state index contributed by atoms with van der Waals surface area (Å²) in [4.78, 5) is 12.2. The van der Waals surface area contributed by atoms with E-state index in [9.17, 15) is 9.18 Å². The molecule has 0 saturated carbocycles. The molecule has 2 heterocycles. The Kier molecular flexibility index (Phi) is 6.10. The highest BCUT2D eigenvalue weighted by molar-refractivity contribution is 6.02. The van der Waals surface area contributed by atoms with E-state index in [0.29, 0.717) is 5.69 Å². The summed E-state index contributed by atoms with van der Waals surface area (Å²) < 4.78 is 20.2. The molecule has 1 amide bonds. The van der Waals surface area contributed by atoms with E-state index in [2.05, 4.69) is 20.9 Å². The standard InChI is InChI=1S/C15H18FN5O2.ClH/c1-23-14-3-2-10(8-12(14)16)18-15(22)13-9-21(20-19-13)11-4-6-17-7-5-11;/h2-3,8-9,11,17H,4-7H2,1H3,(H,18,22);1H. The van der Waals surface area contributed by atoms with Crippen LogP contribution in [0.2, 0.25) is 0 Å². The Morgan fingerprint density at radius 3 is 2.83 bits per heavy atom. The van der Waals surface area contributed by atoms with Crippen LogP contribution in [-0.4, -0.2) is 41.1 Å². The number of carbonyl (C=O) groups excluding carboxylic acids is 1. The second kappa shape index (κ2) is 8.07. The lowest BCUT2D eigenvalue weighted by Crippen LogP contribution is -2.29. The lowest BCUT2D eigenvalue weighted by molar-refractivity contribution is 0.102. The molecule has 130 valence electrons. The summed E-state index contributed by atoms with van der Waals surface area (Å²) in [6.07, 6.45) is 3.54. The molecule has 1 aliphatic rings. The molecule has 24 heavy (non-hydrogen) atoms. The number of methoxy groups -OCH3 is 1. The van der Waals surface area contributed by atoms with Crippen LogP contribution < -0.4 is 15.4 Å². The average Bonchev–Trinajstić information content (AvgIpc) is 3.06. The number of hydrogen-bond donors (Lipinski definition) is 2. The molecular formula is C15H19ClFN5O2. The van der Waals surface area contributed by atoms with Crippen LogP contribution in [0.3, 0.4) is 0 Å². The normalized spacial score (nSPS) is 14.8. The Morgan fingerprint density at radius 2 is 2.17 bits per heavy atom. The number of piperidine rings is 1. The van der Waals surface area contributed by atoms with Gasteiger partial charge in [-0.05, 0) is 38.1 Å². The number of aromatic nitrogens is 3. The topological polar surface area (TPSA) is 81.1 Å². The highest BCUT2D eigenvalue weighted by atomic mass is 35.5. The van der Waals surface area contributed by atoms with E-state index < -0.39 is 11.7 Å². The van der Waals surface area contributed by atoms with Crippen molar-refractivity contribution < 1.29 is 13.9 Å². The Labute approximate surface area is 145 Å². The van der Waals surface area contributed by atoms with Gasteiger partial charge in [0.25, 0.3) is 5.91 Å². The second-order valence-corrected chi connectivity index (χ2v) is 5.37. The molecule has 2 aromatic rings. The van der Waals surface area contributed by atoms with E-state index in [0.717, 1.165) is 25.9 Å². The number of amides is 1. The number of nitrogens with one attached hydrogen (secondary N) is 2. The molecule has 1 aliphatic heterocycles. The van der Waals surface area contributed by atoms with Crippen LogP contribution in [0.1, 0.15) is 29.4 Å². The fraction of sp³-hybridized carbons (Fsp3) is 0.400. The summed E-state index contributed by atoms with van der Waals surface area (Å²) in [7, 11) is 1.38. The maximum Gasteiger partial charge on any atom is 0.277 e. The third kappa shape index (κ3) is 4.01. The van der Waals surface area contributed by atoms with Crippen LogP contribution in [0.15, 0.2) is 24.4 Å². The maximum atomic E-state index is 13.6. The van der Waals surface area contributed by atoms with Crippen molar-refractivity contribution in [1.29, 1.82) is 0 Å². The first-order chi connectivity index (χ1) is 11.2. The lowest BCUT2D eigenvalue weighted by Gasteiger charge is -2.22. The zero-order valence-corrected chi connectivity index (χ0v) is 14.0. The van der Waals surface area contributed by atoms with E-state index in [1.165, 1.54) is 19.2 Å². The third-order valence-electron chi connectivity index (χ3n) is 3.84. The quantitative estimate of drug-likeness (QED) is 0.877. The van der Waals surface area contributed by atoms with E-state index >= 15 is 0 Å². The first kappa shape index (κ1) is 18.2. The van der Waals surface area contributed by atoms with Gasteiger partial charge in [-0.25, -0.2) is 9.07 Å². The Bertz CT molecular complexity index is 703. The summed E-state index contributed by atoms with van der Waals surface area (Å²) in [6, 6.07) is 4.48. The number of nitrogens with zero attached hydrogens (tertiary/aromatic N) is 3. The van der Waals surface area contributed by atoms with Crippen molar-refractivity contribution in [1.82, 2.24) is 20.3 Å². The van der Waals surface area contributed by atoms with Crippen molar-refractivity contribution in [3.05, 3.63) is 35.9 Å². The Morgan fingerprint density at radius 1 is 1.42 bits per heavy atom. The molecule has 3 rings (SSSR count). The molecular weight excluding hydrogens is 337 g/mol. The molecule has 0 atom stereocenters. The van der Waals surface area contributed by atoms with Crippen molar-refractivity contribution in [2.24, 2.45) is 0 Å². The average molecular weight is 356 g/mol. The zero-order valence-electron chi connectivity index (χ0n) is 13.2. The molecule has 0 aliphatic carbocycles. The lowest BCUT2D eigenvalue weighted by atomic mass is 10.1. The van der Waals surface area contributed by atoms with Gasteiger partial charge in [0.05, 0.1) is 19.3 Å². The summed E-state index contributed by atoms with van der Waals surface area (Å²) in [5, 5.41) is 13.8. The number of carbonyl (C=O) groups is 1. The number of benzene rings is 1. The SMILES string of the molecule is COc1ccc(NC(=O)c2cn(C3CCNCC3)nn2)cc1F.Cl. The van der Waals surface area contributed by atoms with Crippen LogP contribution >= 0.6 is 12.4 Å². The van der Waals surface area contributed by atoms with E-state index in [1.54, 1.807) is 16.9 Å². The van der Waals surface area contributed by atoms with Crippen molar-refractivity contribution in [2.75, 3.05) is 25.5 Å². The molecule has 9 heteroatoms. The first-order valence-corrected chi connectivity index (χ1v) is 7.45. The molecule has 0 spiro atoms. The number of rotatable bonds is 4. The second-order valence-electron chi connectivity index (χ2n) is 5.37. The van der Waals surface area contributed by atoms with Gasteiger partial charge in [0.2, 0.25) is 0 Å². The summed E-state index contributed by atoms with van der Waals surface area (Å²) in [5.41, 5.74) is 0.546. The van der Waals surface area contributed by atoms with Gasteiger partial charge in [0.15, 0.2) is 17.3 Å². The summed E-state index contributed by atoms with van der Waals surface area (Å²) in [6.45, 7) is 1.86. The molecule has 2 N–H and O–H groups in total. The van der Waals surface area contributed by atoms with Crippen molar-refractivity contribution in [3.8, 4) is 5.75 Å². The Balaban J connectivity index is 0.00000208. The van der Waals surface area contributed by atoms with Gasteiger partial charge in [0, 0.05) is 11.8 Å². The number of anilines is 1. The first-order valence-electron chi connectivity index (χ1n) is 7.45. The Hall–Kier alpha value is -2.19. The number of hydrogen-bond acceptors (Lipinski definition) is 5. The largest absolute Gasteiger partial charge is 0.494 e. The van der Waals surface area contributed by atoms with Gasteiger partial charge < -0.3 is 15.4 Å². The van der Waals surface area contributed by atoms with E-state index in [-0.39, 0.29) is 29.9 Å². The van der Waals surface area contributed by atoms with Crippen LogP contribution in [0.25, 0.3) is 0 Å². The fourth-order valence-corrected chi connectivity index (χ4v) is 2.57.